The van der Waals surface area contributed by atoms with Crippen molar-refractivity contribution in [1.29, 1.82) is 0 Å². The van der Waals surface area contributed by atoms with Crippen molar-refractivity contribution in [3.8, 4) is 0 Å². The topological polar surface area (TPSA) is 0 Å². The Bertz CT molecular complexity index is 702. The predicted octanol–water partition coefficient (Wildman–Crippen LogP) is 7.02. The molecule has 0 spiro atoms. The molecule has 0 N–H and O–H groups in total. The molecule has 148 valence electrons. The molecule has 4 saturated carbocycles. The fourth-order valence-corrected chi connectivity index (χ4v) is 11.8. The van der Waals surface area contributed by atoms with Crippen molar-refractivity contribution in [2.75, 3.05) is 0 Å². The molecule has 0 aliphatic heterocycles. The number of benzene rings is 2. The van der Waals surface area contributed by atoms with Crippen molar-refractivity contribution in [2.24, 2.45) is 0 Å². The Kier molecular flexibility index (Phi) is 6.18. The molecule has 4 aliphatic rings. The van der Waals surface area contributed by atoms with E-state index in [1.165, 1.54) is 64.2 Å². The van der Waals surface area contributed by atoms with Crippen LogP contribution in [0.3, 0.4) is 0 Å². The molecule has 0 radical (unpaired) electrons. The van der Waals surface area contributed by atoms with Crippen LogP contribution in [0.15, 0.2) is 60.7 Å². The van der Waals surface area contributed by atoms with Crippen LogP contribution in [0.5, 0.6) is 0 Å². The van der Waals surface area contributed by atoms with Gasteiger partial charge in [-0.2, -0.15) is 0 Å². The molecule has 4 fully saturated rings. The van der Waals surface area contributed by atoms with Gasteiger partial charge < -0.3 is 0 Å². The quantitative estimate of drug-likeness (QED) is 0.451. The molecule has 0 saturated heterocycles. The monoisotopic (exact) mass is 408 g/mol. The minimum atomic E-state index is 0.195. The molecule has 6 rings (SSSR count). The molecule has 28 heavy (non-hydrogen) atoms. The highest BCUT2D eigenvalue weighted by atomic mass is 31.1. The lowest BCUT2D eigenvalue weighted by atomic mass is 9.99. The highest BCUT2D eigenvalue weighted by Gasteiger charge is 2.41. The van der Waals surface area contributed by atoms with Gasteiger partial charge in [-0.25, -0.2) is 0 Å². The van der Waals surface area contributed by atoms with Gasteiger partial charge in [-0.15, -0.1) is 0 Å². The fraction of sp³-hybridized carbons (Fsp3) is 0.538. The standard InChI is InChI=1S/C14H19P.C12H15P/c1-2-6-12(7-3-1)15(13-8-4-9-13)14-10-5-11-14;1-2-4-10(5-3-1)13(11-6-7-11)12-8-9-12/h1-3,6-7,13-14H,4-5,8-11H2;1-5,11-12H,6-9H2. The molecule has 2 aromatic carbocycles. The van der Waals surface area contributed by atoms with Crippen LogP contribution in [0, 0.1) is 0 Å². The first kappa shape index (κ1) is 19.3. The SMILES string of the molecule is c1ccc(P(C2CC2)C2CC2)cc1.c1ccc(P(C2CCC2)C2CCC2)cc1. The van der Waals surface area contributed by atoms with Gasteiger partial charge in [0.1, 0.15) is 0 Å². The first-order chi connectivity index (χ1) is 13.9. The van der Waals surface area contributed by atoms with Crippen LogP contribution in [0.2, 0.25) is 0 Å². The van der Waals surface area contributed by atoms with E-state index >= 15 is 0 Å². The van der Waals surface area contributed by atoms with E-state index in [1.807, 2.05) is 0 Å². The smallest absolute Gasteiger partial charge is 0.0166 e. The molecule has 0 bridgehead atoms. The first-order valence-electron chi connectivity index (χ1n) is 11.6. The van der Waals surface area contributed by atoms with E-state index in [0.717, 1.165) is 22.6 Å². The van der Waals surface area contributed by atoms with Gasteiger partial charge in [0.15, 0.2) is 0 Å². The zero-order valence-corrected chi connectivity index (χ0v) is 18.8. The predicted molar refractivity (Wildman–Crippen MR) is 127 cm³/mol. The Hall–Kier alpha value is -0.700. The third kappa shape index (κ3) is 4.55. The van der Waals surface area contributed by atoms with Crippen molar-refractivity contribution in [3.63, 3.8) is 0 Å². The largest absolute Gasteiger partial charge is 0.0690 e. The molecule has 2 heteroatoms. The Morgan fingerprint density at radius 3 is 1.00 bits per heavy atom. The average Bonchev–Trinajstić information content (AvgIpc) is 3.56. The van der Waals surface area contributed by atoms with Gasteiger partial charge in [0.2, 0.25) is 0 Å². The average molecular weight is 409 g/mol. The number of hydrogen-bond donors (Lipinski definition) is 0. The summed E-state index contributed by atoms with van der Waals surface area (Å²) < 4.78 is 0. The van der Waals surface area contributed by atoms with E-state index < -0.39 is 0 Å². The second kappa shape index (κ2) is 8.98. The maximum Gasteiger partial charge on any atom is -0.0166 e. The summed E-state index contributed by atoms with van der Waals surface area (Å²) >= 11 is 0. The molecule has 4 aliphatic carbocycles. The molecule has 0 amide bonds. The summed E-state index contributed by atoms with van der Waals surface area (Å²) in [5.74, 6) is 0. The van der Waals surface area contributed by atoms with Gasteiger partial charge in [-0.1, -0.05) is 89.3 Å². The molecule has 2 aromatic rings. The third-order valence-electron chi connectivity index (χ3n) is 6.93. The van der Waals surface area contributed by atoms with Crippen molar-refractivity contribution in [3.05, 3.63) is 60.7 Å². The fourth-order valence-electron chi connectivity index (χ4n) is 4.67. The maximum absolute atomic E-state index is 2.38. The Morgan fingerprint density at radius 1 is 0.429 bits per heavy atom. The number of hydrogen-bond acceptors (Lipinski definition) is 0. The minimum absolute atomic E-state index is 0.195. The van der Waals surface area contributed by atoms with E-state index in [9.17, 15) is 0 Å². The van der Waals surface area contributed by atoms with Gasteiger partial charge in [-0.3, -0.25) is 0 Å². The van der Waals surface area contributed by atoms with Crippen molar-refractivity contribution in [2.45, 2.75) is 86.8 Å². The van der Waals surface area contributed by atoms with Crippen molar-refractivity contribution in [1.82, 2.24) is 0 Å². The van der Waals surface area contributed by atoms with Crippen molar-refractivity contribution >= 4 is 26.5 Å². The van der Waals surface area contributed by atoms with E-state index in [2.05, 4.69) is 60.7 Å². The van der Waals surface area contributed by atoms with Crippen molar-refractivity contribution < 1.29 is 0 Å². The lowest BCUT2D eigenvalue weighted by Gasteiger charge is -2.43. The van der Waals surface area contributed by atoms with Gasteiger partial charge >= 0.3 is 0 Å². The highest BCUT2D eigenvalue weighted by molar-refractivity contribution is 7.67. The maximum atomic E-state index is 2.38. The Labute approximate surface area is 174 Å². The van der Waals surface area contributed by atoms with Crippen LogP contribution in [0.1, 0.15) is 64.2 Å². The third-order valence-corrected chi connectivity index (χ3v) is 13.9. The van der Waals surface area contributed by atoms with Crippen LogP contribution >= 0.6 is 15.8 Å². The summed E-state index contributed by atoms with van der Waals surface area (Å²) in [5, 5.41) is 3.35. The van der Waals surface area contributed by atoms with E-state index in [-0.39, 0.29) is 15.8 Å². The molecule has 0 nitrogen and oxygen atoms in total. The Balaban J connectivity index is 0.000000123. The van der Waals surface area contributed by atoms with Crippen LogP contribution in [0.4, 0.5) is 0 Å². The lowest BCUT2D eigenvalue weighted by molar-refractivity contribution is 0.479. The van der Waals surface area contributed by atoms with Crippen LogP contribution in [-0.4, -0.2) is 22.6 Å². The second-order valence-corrected chi connectivity index (χ2v) is 14.7. The van der Waals surface area contributed by atoms with E-state index in [4.69, 9.17) is 0 Å². The van der Waals surface area contributed by atoms with E-state index in [1.54, 1.807) is 10.6 Å². The zero-order valence-electron chi connectivity index (χ0n) is 17.0. The molecule has 0 atom stereocenters. The Morgan fingerprint density at radius 2 is 0.750 bits per heavy atom. The summed E-state index contributed by atoms with van der Waals surface area (Å²) in [5.41, 5.74) is 4.36. The van der Waals surface area contributed by atoms with Gasteiger partial charge in [0, 0.05) is 0 Å². The van der Waals surface area contributed by atoms with E-state index in [0.29, 0.717) is 0 Å². The summed E-state index contributed by atoms with van der Waals surface area (Å²) in [7, 11) is 0.444. The summed E-state index contributed by atoms with van der Waals surface area (Å²) in [6, 6.07) is 22.6. The molecule has 0 unspecified atom stereocenters. The molecular formula is C26H34P2. The van der Waals surface area contributed by atoms with Crippen LogP contribution < -0.4 is 10.6 Å². The first-order valence-corrected chi connectivity index (χ1v) is 14.5. The second-order valence-electron chi connectivity index (χ2n) is 9.12. The minimum Gasteiger partial charge on any atom is -0.0690 e. The molecule has 0 heterocycles. The lowest BCUT2D eigenvalue weighted by Crippen LogP contribution is -2.30. The molecule has 0 aromatic heterocycles. The zero-order chi connectivity index (χ0) is 18.8. The summed E-state index contributed by atoms with van der Waals surface area (Å²) in [4.78, 5) is 0. The van der Waals surface area contributed by atoms with Crippen LogP contribution in [0.25, 0.3) is 0 Å². The normalized spacial score (nSPS) is 22.4. The highest BCUT2D eigenvalue weighted by Crippen LogP contribution is 2.63. The van der Waals surface area contributed by atoms with Gasteiger partial charge in [0.25, 0.3) is 0 Å². The van der Waals surface area contributed by atoms with Crippen LogP contribution in [-0.2, 0) is 0 Å². The summed E-state index contributed by atoms with van der Waals surface area (Å²) in [6.07, 6.45) is 15.1. The van der Waals surface area contributed by atoms with Gasteiger partial charge in [-0.05, 0) is 84.6 Å². The summed E-state index contributed by atoms with van der Waals surface area (Å²) in [6.45, 7) is 0. The molecular weight excluding hydrogens is 374 g/mol. The number of rotatable bonds is 6. The van der Waals surface area contributed by atoms with Gasteiger partial charge in [0.05, 0.1) is 0 Å².